The van der Waals surface area contributed by atoms with Crippen LogP contribution in [0.5, 0.6) is 5.75 Å². The van der Waals surface area contributed by atoms with Crippen molar-refractivity contribution < 1.29 is 9.13 Å². The van der Waals surface area contributed by atoms with Crippen LogP contribution in [0.25, 0.3) is 0 Å². The van der Waals surface area contributed by atoms with E-state index in [4.69, 9.17) is 10.5 Å². The van der Waals surface area contributed by atoms with Crippen LogP contribution in [0.3, 0.4) is 0 Å². The quantitative estimate of drug-likeness (QED) is 0.470. The molecule has 1 aromatic rings. The van der Waals surface area contributed by atoms with Crippen molar-refractivity contribution in [3.05, 3.63) is 42.2 Å². The van der Waals surface area contributed by atoms with Gasteiger partial charge < -0.3 is 15.8 Å². The minimum Gasteiger partial charge on any atom is -0.486 e. The number of hydrogen-bond donors (Lipinski definition) is 2. The molecule has 1 rings (SSSR count). The first-order valence-electron chi connectivity index (χ1n) is 6.08. The Morgan fingerprint density at radius 1 is 1.53 bits per heavy atom. The van der Waals surface area contributed by atoms with Gasteiger partial charge in [-0.3, -0.25) is 0 Å². The highest BCUT2D eigenvalue weighted by molar-refractivity contribution is 5.78. The van der Waals surface area contributed by atoms with Crippen LogP contribution in [-0.4, -0.2) is 25.2 Å². The minimum atomic E-state index is -0.383. The molecule has 0 spiro atoms. The number of guanidine groups is 1. The summed E-state index contributed by atoms with van der Waals surface area (Å²) in [6, 6.07) is 6.27. The number of nitrogens with two attached hydrogens (primary N) is 1. The Morgan fingerprint density at radius 3 is 2.84 bits per heavy atom. The number of rotatable bonds is 6. The summed E-state index contributed by atoms with van der Waals surface area (Å²) in [6.45, 7) is 8.38. The third-order valence-electron chi connectivity index (χ3n) is 2.25. The van der Waals surface area contributed by atoms with Gasteiger partial charge in [-0.25, -0.2) is 9.38 Å². The molecule has 0 fully saturated rings. The Hall–Kier alpha value is -2.04. The van der Waals surface area contributed by atoms with Crippen LogP contribution in [0.2, 0.25) is 0 Å². The van der Waals surface area contributed by atoms with E-state index in [2.05, 4.69) is 16.9 Å². The summed E-state index contributed by atoms with van der Waals surface area (Å²) >= 11 is 0. The van der Waals surface area contributed by atoms with Crippen molar-refractivity contribution in [3.8, 4) is 5.75 Å². The SMILES string of the molecule is C=C(C)CNC(N)=NCC(C)Oc1ccccc1F. The molecule has 0 radical (unpaired) electrons. The van der Waals surface area contributed by atoms with Gasteiger partial charge in [-0.2, -0.15) is 0 Å². The molecule has 0 aliphatic carbocycles. The summed E-state index contributed by atoms with van der Waals surface area (Å²) in [7, 11) is 0. The fraction of sp³-hybridized carbons (Fsp3) is 0.357. The number of halogens is 1. The van der Waals surface area contributed by atoms with E-state index in [0.29, 0.717) is 19.0 Å². The van der Waals surface area contributed by atoms with Gasteiger partial charge in [-0.15, -0.1) is 0 Å². The number of para-hydroxylation sites is 1. The highest BCUT2D eigenvalue weighted by Gasteiger charge is 2.07. The maximum atomic E-state index is 13.4. The molecule has 0 aliphatic heterocycles. The van der Waals surface area contributed by atoms with Gasteiger partial charge in [-0.05, 0) is 26.0 Å². The molecule has 5 heteroatoms. The smallest absolute Gasteiger partial charge is 0.188 e. The predicted octanol–water partition coefficient (Wildman–Crippen LogP) is 2.07. The number of hydrogen-bond acceptors (Lipinski definition) is 2. The molecule has 0 saturated carbocycles. The average Bonchev–Trinajstić information content (AvgIpc) is 2.36. The van der Waals surface area contributed by atoms with Crippen LogP contribution in [0, 0.1) is 5.82 Å². The maximum Gasteiger partial charge on any atom is 0.188 e. The van der Waals surface area contributed by atoms with Crippen molar-refractivity contribution in [2.45, 2.75) is 20.0 Å². The molecule has 104 valence electrons. The Labute approximate surface area is 113 Å². The molecule has 0 heterocycles. The lowest BCUT2D eigenvalue weighted by Crippen LogP contribution is -2.33. The molecule has 1 aromatic carbocycles. The molecule has 0 aromatic heterocycles. The normalized spacial score (nSPS) is 12.9. The van der Waals surface area contributed by atoms with Gasteiger partial charge in [-0.1, -0.05) is 24.3 Å². The average molecular weight is 265 g/mol. The van der Waals surface area contributed by atoms with Crippen molar-refractivity contribution >= 4 is 5.96 Å². The zero-order valence-corrected chi connectivity index (χ0v) is 11.3. The lowest BCUT2D eigenvalue weighted by molar-refractivity contribution is 0.220. The third-order valence-corrected chi connectivity index (χ3v) is 2.25. The van der Waals surface area contributed by atoms with Crippen molar-refractivity contribution in [1.82, 2.24) is 5.32 Å². The first-order chi connectivity index (χ1) is 8.99. The maximum absolute atomic E-state index is 13.4. The summed E-state index contributed by atoms with van der Waals surface area (Å²) in [5.41, 5.74) is 6.63. The number of aliphatic imine (C=N–C) groups is 1. The second-order valence-corrected chi connectivity index (χ2v) is 4.40. The van der Waals surface area contributed by atoms with E-state index in [1.807, 2.05) is 13.8 Å². The Balaban J connectivity index is 2.43. The van der Waals surface area contributed by atoms with Gasteiger partial charge in [0.25, 0.3) is 0 Å². The molecule has 0 saturated heterocycles. The van der Waals surface area contributed by atoms with E-state index in [0.717, 1.165) is 5.57 Å². The highest BCUT2D eigenvalue weighted by Crippen LogP contribution is 2.16. The molecule has 0 bridgehead atoms. The highest BCUT2D eigenvalue weighted by atomic mass is 19.1. The van der Waals surface area contributed by atoms with Crippen LogP contribution >= 0.6 is 0 Å². The third kappa shape index (κ3) is 5.90. The summed E-state index contributed by atoms with van der Waals surface area (Å²) < 4.78 is 18.8. The number of nitrogens with one attached hydrogen (secondary N) is 1. The van der Waals surface area contributed by atoms with Gasteiger partial charge in [0.15, 0.2) is 17.5 Å². The zero-order chi connectivity index (χ0) is 14.3. The molecule has 3 N–H and O–H groups in total. The van der Waals surface area contributed by atoms with Crippen LogP contribution < -0.4 is 15.8 Å². The Bertz CT molecular complexity index is 460. The molecule has 0 amide bonds. The number of benzene rings is 1. The predicted molar refractivity (Wildman–Crippen MR) is 75.8 cm³/mol. The van der Waals surface area contributed by atoms with Crippen LogP contribution in [0.4, 0.5) is 4.39 Å². The first-order valence-corrected chi connectivity index (χ1v) is 6.08. The van der Waals surface area contributed by atoms with E-state index in [9.17, 15) is 4.39 Å². The minimum absolute atomic E-state index is 0.221. The summed E-state index contributed by atoms with van der Waals surface area (Å²) in [6.07, 6.45) is -0.262. The van der Waals surface area contributed by atoms with Gasteiger partial charge in [0, 0.05) is 6.54 Å². The zero-order valence-electron chi connectivity index (χ0n) is 11.3. The van der Waals surface area contributed by atoms with Crippen molar-refractivity contribution in [2.75, 3.05) is 13.1 Å². The van der Waals surface area contributed by atoms with Crippen LogP contribution in [0.15, 0.2) is 41.4 Å². The second kappa shape index (κ2) is 7.41. The first kappa shape index (κ1) is 15.0. The van der Waals surface area contributed by atoms with E-state index in [-0.39, 0.29) is 17.7 Å². The van der Waals surface area contributed by atoms with Crippen molar-refractivity contribution in [1.29, 1.82) is 0 Å². The molecule has 4 nitrogen and oxygen atoms in total. The number of nitrogens with zero attached hydrogens (tertiary/aromatic N) is 1. The van der Waals surface area contributed by atoms with Gasteiger partial charge >= 0.3 is 0 Å². The number of ether oxygens (including phenoxy) is 1. The van der Waals surface area contributed by atoms with Crippen LogP contribution in [0.1, 0.15) is 13.8 Å². The topological polar surface area (TPSA) is 59.6 Å². The van der Waals surface area contributed by atoms with Gasteiger partial charge in [0.05, 0.1) is 6.54 Å². The van der Waals surface area contributed by atoms with Crippen molar-refractivity contribution in [3.63, 3.8) is 0 Å². The monoisotopic (exact) mass is 265 g/mol. The van der Waals surface area contributed by atoms with E-state index in [1.165, 1.54) is 6.07 Å². The summed E-state index contributed by atoms with van der Waals surface area (Å²) in [5.74, 6) is 0.164. The molecule has 19 heavy (non-hydrogen) atoms. The summed E-state index contributed by atoms with van der Waals surface area (Å²) in [4.78, 5) is 4.12. The standard InChI is InChI=1S/C14H20FN3O/c1-10(2)8-17-14(16)18-9-11(3)19-13-7-5-4-6-12(13)15/h4-7,11H,1,8-9H2,2-3H3,(H3,16,17,18). The van der Waals surface area contributed by atoms with E-state index >= 15 is 0 Å². The Morgan fingerprint density at radius 2 is 2.21 bits per heavy atom. The van der Waals surface area contributed by atoms with Gasteiger partial charge in [0.1, 0.15) is 6.10 Å². The molecule has 1 unspecified atom stereocenters. The molecule has 1 atom stereocenters. The largest absolute Gasteiger partial charge is 0.486 e. The Kier molecular flexibility index (Phi) is 5.85. The fourth-order valence-electron chi connectivity index (χ4n) is 1.32. The van der Waals surface area contributed by atoms with Gasteiger partial charge in [0.2, 0.25) is 0 Å². The fourth-order valence-corrected chi connectivity index (χ4v) is 1.32. The van der Waals surface area contributed by atoms with Crippen LogP contribution in [-0.2, 0) is 0 Å². The lowest BCUT2D eigenvalue weighted by atomic mass is 10.3. The van der Waals surface area contributed by atoms with E-state index < -0.39 is 0 Å². The lowest BCUT2D eigenvalue weighted by Gasteiger charge is -2.13. The molecular weight excluding hydrogens is 245 g/mol. The molecular formula is C14H20FN3O. The van der Waals surface area contributed by atoms with Crippen molar-refractivity contribution in [2.24, 2.45) is 10.7 Å². The summed E-state index contributed by atoms with van der Waals surface area (Å²) in [5, 5.41) is 2.91. The molecule has 0 aliphatic rings. The second-order valence-electron chi connectivity index (χ2n) is 4.40. The van der Waals surface area contributed by atoms with E-state index in [1.54, 1.807) is 18.2 Å².